The van der Waals surface area contributed by atoms with Gasteiger partial charge in [0.15, 0.2) is 0 Å². The SMILES string of the molecule is C=C1CCC2Nc3ccccc3C2C1. The van der Waals surface area contributed by atoms with Gasteiger partial charge in [-0.1, -0.05) is 30.4 Å². The summed E-state index contributed by atoms with van der Waals surface area (Å²) in [6, 6.07) is 9.36. The number of anilines is 1. The molecule has 0 amide bonds. The van der Waals surface area contributed by atoms with E-state index >= 15 is 0 Å². The second kappa shape index (κ2) is 2.88. The molecule has 14 heavy (non-hydrogen) atoms. The van der Waals surface area contributed by atoms with Crippen LogP contribution in [0.1, 0.15) is 30.7 Å². The highest BCUT2D eigenvalue weighted by atomic mass is 15.0. The van der Waals surface area contributed by atoms with Crippen molar-refractivity contribution in [3.05, 3.63) is 42.0 Å². The monoisotopic (exact) mass is 185 g/mol. The summed E-state index contributed by atoms with van der Waals surface area (Å²) in [4.78, 5) is 0. The maximum atomic E-state index is 4.12. The molecule has 3 rings (SSSR count). The lowest BCUT2D eigenvalue weighted by molar-refractivity contribution is 0.494. The molecule has 1 aromatic rings. The van der Waals surface area contributed by atoms with E-state index in [1.165, 1.54) is 36.1 Å². The second-order valence-corrected chi connectivity index (χ2v) is 4.44. The number of benzene rings is 1. The lowest BCUT2D eigenvalue weighted by Crippen LogP contribution is -2.24. The van der Waals surface area contributed by atoms with Crippen molar-refractivity contribution in [1.29, 1.82) is 0 Å². The molecule has 0 saturated heterocycles. The summed E-state index contributed by atoms with van der Waals surface area (Å²) < 4.78 is 0. The van der Waals surface area contributed by atoms with Crippen LogP contribution in [0.3, 0.4) is 0 Å². The Morgan fingerprint density at radius 1 is 1.29 bits per heavy atom. The summed E-state index contributed by atoms with van der Waals surface area (Å²) in [5, 5.41) is 3.62. The number of allylic oxidation sites excluding steroid dienone is 1. The van der Waals surface area contributed by atoms with Crippen molar-refractivity contribution < 1.29 is 0 Å². The minimum Gasteiger partial charge on any atom is -0.381 e. The first kappa shape index (κ1) is 8.10. The molecule has 1 aliphatic heterocycles. The van der Waals surface area contributed by atoms with Crippen molar-refractivity contribution in [1.82, 2.24) is 0 Å². The molecular weight excluding hydrogens is 170 g/mol. The van der Waals surface area contributed by atoms with Gasteiger partial charge in [-0.25, -0.2) is 0 Å². The molecule has 1 aromatic carbocycles. The van der Waals surface area contributed by atoms with Crippen LogP contribution in [0.15, 0.2) is 36.4 Å². The summed E-state index contributed by atoms with van der Waals surface area (Å²) in [5.41, 5.74) is 4.26. The van der Waals surface area contributed by atoms with Crippen molar-refractivity contribution in [3.8, 4) is 0 Å². The molecule has 2 unspecified atom stereocenters. The zero-order valence-electron chi connectivity index (χ0n) is 8.29. The lowest BCUT2D eigenvalue weighted by Gasteiger charge is -2.27. The van der Waals surface area contributed by atoms with E-state index < -0.39 is 0 Å². The fourth-order valence-corrected chi connectivity index (χ4v) is 2.77. The zero-order valence-corrected chi connectivity index (χ0v) is 8.29. The normalized spacial score (nSPS) is 29.3. The molecule has 0 spiro atoms. The second-order valence-electron chi connectivity index (χ2n) is 4.44. The van der Waals surface area contributed by atoms with E-state index in [2.05, 4.69) is 36.2 Å². The maximum absolute atomic E-state index is 4.12. The van der Waals surface area contributed by atoms with Crippen LogP contribution < -0.4 is 5.32 Å². The Morgan fingerprint density at radius 3 is 3.07 bits per heavy atom. The molecule has 1 N–H and O–H groups in total. The topological polar surface area (TPSA) is 12.0 Å². The van der Waals surface area contributed by atoms with Gasteiger partial charge in [0.2, 0.25) is 0 Å². The third kappa shape index (κ3) is 1.08. The van der Waals surface area contributed by atoms with E-state index in [4.69, 9.17) is 0 Å². The fraction of sp³-hybridized carbons (Fsp3) is 0.385. The van der Waals surface area contributed by atoms with E-state index in [9.17, 15) is 0 Å². The standard InChI is InChI=1S/C13H15N/c1-9-6-7-13-11(8-9)10-4-2-3-5-12(10)14-13/h2-5,11,13-14H,1,6-8H2. The Hall–Kier alpha value is -1.24. The number of fused-ring (bicyclic) bond motifs is 3. The molecule has 1 saturated carbocycles. The molecule has 0 bridgehead atoms. The first-order valence-electron chi connectivity index (χ1n) is 5.37. The van der Waals surface area contributed by atoms with E-state index in [0.717, 1.165) is 0 Å². The molecule has 2 aliphatic rings. The van der Waals surface area contributed by atoms with Gasteiger partial charge in [0, 0.05) is 17.6 Å². The van der Waals surface area contributed by atoms with Crippen LogP contribution in [0.5, 0.6) is 0 Å². The van der Waals surface area contributed by atoms with Crippen LogP contribution in [0, 0.1) is 0 Å². The quantitative estimate of drug-likeness (QED) is 0.611. The maximum Gasteiger partial charge on any atom is 0.0378 e. The Balaban J connectivity index is 2.00. The molecule has 0 radical (unpaired) electrons. The lowest BCUT2D eigenvalue weighted by atomic mass is 9.80. The van der Waals surface area contributed by atoms with Crippen molar-refractivity contribution in [2.24, 2.45) is 0 Å². The Morgan fingerprint density at radius 2 is 2.14 bits per heavy atom. The van der Waals surface area contributed by atoms with Gasteiger partial charge in [-0.2, -0.15) is 0 Å². The average Bonchev–Trinajstić information content (AvgIpc) is 2.56. The van der Waals surface area contributed by atoms with Crippen molar-refractivity contribution in [2.75, 3.05) is 5.32 Å². The minimum atomic E-state index is 0.665. The molecule has 1 fully saturated rings. The highest BCUT2D eigenvalue weighted by molar-refractivity contribution is 5.60. The Labute approximate surface area is 84.8 Å². The van der Waals surface area contributed by atoms with Gasteiger partial charge in [0.05, 0.1) is 0 Å². The molecule has 1 aliphatic carbocycles. The first-order chi connectivity index (χ1) is 6.84. The molecular formula is C13H15N. The Bertz CT molecular complexity index is 381. The number of rotatable bonds is 0. The van der Waals surface area contributed by atoms with Crippen LogP contribution >= 0.6 is 0 Å². The number of hydrogen-bond acceptors (Lipinski definition) is 1. The van der Waals surface area contributed by atoms with Gasteiger partial charge in [-0.3, -0.25) is 0 Å². The van der Waals surface area contributed by atoms with E-state index in [1.54, 1.807) is 0 Å². The van der Waals surface area contributed by atoms with Gasteiger partial charge in [0.25, 0.3) is 0 Å². The third-order valence-corrected chi connectivity index (χ3v) is 3.50. The fourth-order valence-electron chi connectivity index (χ4n) is 2.77. The highest BCUT2D eigenvalue weighted by Gasteiger charge is 2.34. The van der Waals surface area contributed by atoms with E-state index in [0.29, 0.717) is 12.0 Å². The summed E-state index contributed by atoms with van der Waals surface area (Å²) >= 11 is 0. The predicted octanol–water partition coefficient (Wildman–Crippen LogP) is 3.30. The highest BCUT2D eigenvalue weighted by Crippen LogP contribution is 2.44. The molecule has 1 heterocycles. The molecule has 1 heteroatoms. The van der Waals surface area contributed by atoms with Gasteiger partial charge in [-0.15, -0.1) is 0 Å². The number of nitrogens with one attached hydrogen (secondary N) is 1. The number of hydrogen-bond donors (Lipinski definition) is 1. The van der Waals surface area contributed by atoms with Crippen LogP contribution in [-0.4, -0.2) is 6.04 Å². The van der Waals surface area contributed by atoms with E-state index in [-0.39, 0.29) is 0 Å². The first-order valence-corrected chi connectivity index (χ1v) is 5.37. The predicted molar refractivity (Wildman–Crippen MR) is 59.6 cm³/mol. The zero-order chi connectivity index (χ0) is 9.54. The van der Waals surface area contributed by atoms with Crippen molar-refractivity contribution >= 4 is 5.69 Å². The summed E-state index contributed by atoms with van der Waals surface area (Å²) in [6.07, 6.45) is 3.62. The average molecular weight is 185 g/mol. The molecule has 2 atom stereocenters. The number of para-hydroxylation sites is 1. The van der Waals surface area contributed by atoms with Crippen molar-refractivity contribution in [3.63, 3.8) is 0 Å². The van der Waals surface area contributed by atoms with Crippen LogP contribution in [0.2, 0.25) is 0 Å². The Kier molecular flexibility index (Phi) is 1.66. The molecule has 1 nitrogen and oxygen atoms in total. The third-order valence-electron chi connectivity index (χ3n) is 3.50. The smallest absolute Gasteiger partial charge is 0.0378 e. The molecule has 72 valence electrons. The van der Waals surface area contributed by atoms with Gasteiger partial charge in [-0.05, 0) is 30.9 Å². The van der Waals surface area contributed by atoms with Crippen LogP contribution in [0.4, 0.5) is 5.69 Å². The van der Waals surface area contributed by atoms with Crippen LogP contribution in [-0.2, 0) is 0 Å². The summed E-state index contributed by atoms with van der Waals surface area (Å²) in [5.74, 6) is 0.687. The van der Waals surface area contributed by atoms with Gasteiger partial charge in [0.1, 0.15) is 0 Å². The van der Waals surface area contributed by atoms with E-state index in [1.807, 2.05) is 0 Å². The van der Waals surface area contributed by atoms with Gasteiger partial charge < -0.3 is 5.32 Å². The summed E-state index contributed by atoms with van der Waals surface area (Å²) in [7, 11) is 0. The molecule has 0 aromatic heterocycles. The van der Waals surface area contributed by atoms with Crippen molar-refractivity contribution in [2.45, 2.75) is 31.2 Å². The minimum absolute atomic E-state index is 0.665. The summed E-state index contributed by atoms with van der Waals surface area (Å²) in [6.45, 7) is 4.12. The van der Waals surface area contributed by atoms with Gasteiger partial charge >= 0.3 is 0 Å². The van der Waals surface area contributed by atoms with Crippen LogP contribution in [0.25, 0.3) is 0 Å². The largest absolute Gasteiger partial charge is 0.381 e.